The van der Waals surface area contributed by atoms with Gasteiger partial charge in [0.05, 0.1) is 0 Å². The average Bonchev–Trinajstić information content (AvgIpc) is 2.70. The molecule has 0 aliphatic heterocycles. The van der Waals surface area contributed by atoms with Crippen molar-refractivity contribution in [2.45, 2.75) is 57.1 Å². The van der Waals surface area contributed by atoms with Gasteiger partial charge in [0, 0.05) is 28.9 Å². The predicted molar refractivity (Wildman–Crippen MR) is 121 cm³/mol. The Morgan fingerprint density at radius 1 is 1.03 bits per heavy atom. The van der Waals surface area contributed by atoms with Crippen molar-refractivity contribution in [1.82, 2.24) is 10.2 Å². The molecule has 0 spiro atoms. The van der Waals surface area contributed by atoms with Crippen LogP contribution in [-0.4, -0.2) is 34.6 Å². The van der Waals surface area contributed by atoms with E-state index in [2.05, 4.69) is 5.32 Å². The summed E-state index contributed by atoms with van der Waals surface area (Å²) in [4.78, 5) is 28.3. The van der Waals surface area contributed by atoms with Crippen LogP contribution in [0.2, 0.25) is 5.02 Å². The van der Waals surface area contributed by atoms with Crippen LogP contribution in [0.5, 0.6) is 0 Å². The Balaban J connectivity index is 1.95. The van der Waals surface area contributed by atoms with Crippen molar-refractivity contribution < 1.29 is 9.59 Å². The first-order valence-electron chi connectivity index (χ1n) is 9.89. The molecule has 1 N–H and O–H groups in total. The zero-order valence-electron chi connectivity index (χ0n) is 17.2. The molecule has 2 amide bonds. The van der Waals surface area contributed by atoms with Crippen molar-refractivity contribution >= 4 is 35.2 Å². The monoisotopic (exact) mass is 432 g/mol. The summed E-state index contributed by atoms with van der Waals surface area (Å²) in [5, 5.41) is 3.63. The zero-order valence-corrected chi connectivity index (χ0v) is 18.8. The second kappa shape index (κ2) is 11.9. The number of nitrogens with one attached hydrogen (secondary N) is 1. The Kier molecular flexibility index (Phi) is 9.55. The summed E-state index contributed by atoms with van der Waals surface area (Å²) in [6.45, 7) is 6.06. The first-order chi connectivity index (χ1) is 13.9. The van der Waals surface area contributed by atoms with Crippen molar-refractivity contribution in [1.29, 1.82) is 0 Å². The minimum absolute atomic E-state index is 0.00281. The number of amides is 2. The van der Waals surface area contributed by atoms with E-state index in [1.807, 2.05) is 68.4 Å². The molecule has 2 aromatic carbocycles. The normalized spacial score (nSPS) is 11.9. The lowest BCUT2D eigenvalue weighted by molar-refractivity contribution is -0.140. The van der Waals surface area contributed by atoms with Gasteiger partial charge in [-0.3, -0.25) is 9.59 Å². The molecule has 29 heavy (non-hydrogen) atoms. The van der Waals surface area contributed by atoms with Crippen LogP contribution in [0.15, 0.2) is 59.5 Å². The van der Waals surface area contributed by atoms with Crippen molar-refractivity contribution in [2.24, 2.45) is 0 Å². The summed E-state index contributed by atoms with van der Waals surface area (Å²) in [6, 6.07) is 17.0. The lowest BCUT2D eigenvalue weighted by atomic mass is 10.1. The van der Waals surface area contributed by atoms with Crippen LogP contribution in [0.4, 0.5) is 0 Å². The molecule has 0 aliphatic rings. The molecular formula is C23H29ClN2O2S. The number of hydrogen-bond donors (Lipinski definition) is 1. The number of carbonyl (C=O) groups is 2. The number of carbonyl (C=O) groups excluding carboxylic acids is 2. The molecule has 0 aromatic heterocycles. The fourth-order valence-electron chi connectivity index (χ4n) is 2.86. The number of hydrogen-bond acceptors (Lipinski definition) is 3. The van der Waals surface area contributed by atoms with E-state index < -0.39 is 6.04 Å². The maximum absolute atomic E-state index is 13.0. The van der Waals surface area contributed by atoms with Gasteiger partial charge < -0.3 is 10.2 Å². The molecular weight excluding hydrogens is 404 g/mol. The maximum Gasteiger partial charge on any atom is 0.242 e. The number of halogens is 1. The van der Waals surface area contributed by atoms with Gasteiger partial charge in [0.2, 0.25) is 11.8 Å². The van der Waals surface area contributed by atoms with Gasteiger partial charge in [-0.05, 0) is 62.8 Å². The number of benzene rings is 2. The quantitative estimate of drug-likeness (QED) is 0.417. The molecule has 156 valence electrons. The molecule has 0 saturated carbocycles. The van der Waals surface area contributed by atoms with Crippen molar-refractivity contribution in [3.05, 3.63) is 65.2 Å². The Morgan fingerprint density at radius 2 is 1.69 bits per heavy atom. The van der Waals surface area contributed by atoms with Crippen molar-refractivity contribution in [3.63, 3.8) is 0 Å². The van der Waals surface area contributed by atoms with E-state index >= 15 is 0 Å². The molecule has 0 fully saturated rings. The molecule has 4 nitrogen and oxygen atoms in total. The van der Waals surface area contributed by atoms with Gasteiger partial charge >= 0.3 is 0 Å². The van der Waals surface area contributed by atoms with Gasteiger partial charge in [-0.15, -0.1) is 11.8 Å². The first-order valence-corrected chi connectivity index (χ1v) is 11.3. The smallest absolute Gasteiger partial charge is 0.242 e. The van der Waals surface area contributed by atoms with Gasteiger partial charge in [0.1, 0.15) is 6.04 Å². The Labute approximate surface area is 183 Å². The second-order valence-corrected chi connectivity index (χ2v) is 8.86. The van der Waals surface area contributed by atoms with Crippen LogP contribution in [0.3, 0.4) is 0 Å². The predicted octanol–water partition coefficient (Wildman–Crippen LogP) is 5.15. The molecule has 0 aliphatic carbocycles. The number of thioether (sulfide) groups is 1. The third-order valence-corrected chi connectivity index (χ3v) is 5.76. The average molecular weight is 433 g/mol. The summed E-state index contributed by atoms with van der Waals surface area (Å²) in [5.74, 6) is 0.704. The van der Waals surface area contributed by atoms with Gasteiger partial charge in [-0.25, -0.2) is 0 Å². The maximum atomic E-state index is 13.0. The van der Waals surface area contributed by atoms with Gasteiger partial charge in [0.25, 0.3) is 0 Å². The van der Waals surface area contributed by atoms with Gasteiger partial charge in [-0.1, -0.05) is 41.9 Å². The van der Waals surface area contributed by atoms with Crippen molar-refractivity contribution in [3.8, 4) is 0 Å². The minimum Gasteiger partial charge on any atom is -0.352 e. The Hall–Kier alpha value is -1.98. The van der Waals surface area contributed by atoms with Crippen LogP contribution in [0.25, 0.3) is 0 Å². The van der Waals surface area contributed by atoms with E-state index in [1.165, 1.54) is 0 Å². The lowest BCUT2D eigenvalue weighted by Crippen LogP contribution is -2.49. The summed E-state index contributed by atoms with van der Waals surface area (Å²) in [5.41, 5.74) is 1.01. The molecule has 0 heterocycles. The molecule has 0 bridgehead atoms. The molecule has 0 unspecified atom stereocenters. The van der Waals surface area contributed by atoms with E-state index in [-0.39, 0.29) is 17.9 Å². The van der Waals surface area contributed by atoms with E-state index in [0.717, 1.165) is 27.7 Å². The molecule has 2 rings (SSSR count). The number of rotatable bonds is 10. The molecule has 2 aromatic rings. The highest BCUT2D eigenvalue weighted by molar-refractivity contribution is 7.99. The lowest BCUT2D eigenvalue weighted by Gasteiger charge is -2.29. The highest BCUT2D eigenvalue weighted by Crippen LogP contribution is 2.22. The highest BCUT2D eigenvalue weighted by atomic mass is 35.5. The molecule has 0 radical (unpaired) electrons. The minimum atomic E-state index is -0.519. The second-order valence-electron chi connectivity index (χ2n) is 7.25. The van der Waals surface area contributed by atoms with Crippen LogP contribution in [0, 0.1) is 0 Å². The van der Waals surface area contributed by atoms with E-state index in [9.17, 15) is 9.59 Å². The highest BCUT2D eigenvalue weighted by Gasteiger charge is 2.26. The Morgan fingerprint density at radius 3 is 2.31 bits per heavy atom. The largest absolute Gasteiger partial charge is 0.352 e. The molecule has 6 heteroatoms. The van der Waals surface area contributed by atoms with Gasteiger partial charge in [0.15, 0.2) is 0 Å². The standard InChI is InChI=1S/C23H29ClN2O2S/c1-17(2)25-23(28)18(3)26(16-19-8-5-4-6-9-19)22(27)10-7-15-29-21-13-11-20(24)12-14-21/h4-6,8-9,11-14,17-18H,7,10,15-16H2,1-3H3,(H,25,28)/t18-/m1/s1. The molecule has 0 saturated heterocycles. The van der Waals surface area contributed by atoms with Crippen molar-refractivity contribution in [2.75, 3.05) is 5.75 Å². The zero-order chi connectivity index (χ0) is 21.2. The summed E-state index contributed by atoms with van der Waals surface area (Å²) in [7, 11) is 0. The summed E-state index contributed by atoms with van der Waals surface area (Å²) in [6.07, 6.45) is 1.16. The number of nitrogens with zero attached hydrogens (tertiary/aromatic N) is 1. The van der Waals surface area contributed by atoms with E-state index in [4.69, 9.17) is 11.6 Å². The first kappa shape index (κ1) is 23.3. The molecule has 1 atom stereocenters. The van der Waals surface area contributed by atoms with Crippen LogP contribution in [0.1, 0.15) is 39.2 Å². The van der Waals surface area contributed by atoms with Crippen LogP contribution < -0.4 is 5.32 Å². The third kappa shape index (κ3) is 8.11. The van der Waals surface area contributed by atoms with Crippen LogP contribution in [-0.2, 0) is 16.1 Å². The van der Waals surface area contributed by atoms with Crippen LogP contribution >= 0.6 is 23.4 Å². The third-order valence-electron chi connectivity index (χ3n) is 4.41. The topological polar surface area (TPSA) is 49.4 Å². The SMILES string of the molecule is CC(C)NC(=O)[C@@H](C)N(Cc1ccccc1)C(=O)CCCSc1ccc(Cl)cc1. The van der Waals surface area contributed by atoms with Gasteiger partial charge in [-0.2, -0.15) is 0 Å². The summed E-state index contributed by atoms with van der Waals surface area (Å²) >= 11 is 7.61. The van der Waals surface area contributed by atoms with E-state index in [1.54, 1.807) is 23.6 Å². The Bertz CT molecular complexity index is 781. The fraction of sp³-hybridized carbons (Fsp3) is 0.391. The summed E-state index contributed by atoms with van der Waals surface area (Å²) < 4.78 is 0. The van der Waals surface area contributed by atoms with E-state index in [0.29, 0.717) is 13.0 Å². The fourth-order valence-corrected chi connectivity index (χ4v) is 3.83.